The standard InChI is InChI=1S/C26H26FNO4/c1-30-25(31-2)17-32-23-11-12-24-21(15-23)13-14-28(26(24)29)16-18-3-5-19(6-4-18)20-7-9-22(27)10-8-20/h3-12,15,25H,13-14,16-17H2,1-2H3. The van der Waals surface area contributed by atoms with Gasteiger partial charge in [-0.25, -0.2) is 4.39 Å². The van der Waals surface area contributed by atoms with Crippen molar-refractivity contribution in [2.45, 2.75) is 19.3 Å². The Kier molecular flexibility index (Phi) is 6.83. The topological polar surface area (TPSA) is 48.0 Å². The van der Waals surface area contributed by atoms with Gasteiger partial charge in [-0.15, -0.1) is 0 Å². The van der Waals surface area contributed by atoms with E-state index in [1.165, 1.54) is 12.1 Å². The smallest absolute Gasteiger partial charge is 0.254 e. The molecular formula is C26H26FNO4. The van der Waals surface area contributed by atoms with Gasteiger partial charge in [0, 0.05) is 32.9 Å². The number of hydrogen-bond donors (Lipinski definition) is 0. The monoisotopic (exact) mass is 435 g/mol. The molecule has 166 valence electrons. The minimum Gasteiger partial charge on any atom is -0.488 e. The zero-order valence-electron chi connectivity index (χ0n) is 18.2. The molecule has 1 heterocycles. The predicted octanol–water partition coefficient (Wildman–Crippen LogP) is 4.69. The third-order valence-corrected chi connectivity index (χ3v) is 5.66. The minimum atomic E-state index is -0.433. The maximum atomic E-state index is 13.1. The molecule has 0 saturated carbocycles. The van der Waals surface area contributed by atoms with E-state index < -0.39 is 6.29 Å². The van der Waals surface area contributed by atoms with Gasteiger partial charge >= 0.3 is 0 Å². The van der Waals surface area contributed by atoms with Crippen LogP contribution in [0.1, 0.15) is 21.5 Å². The number of amides is 1. The summed E-state index contributed by atoms with van der Waals surface area (Å²) in [5, 5.41) is 0. The van der Waals surface area contributed by atoms with Gasteiger partial charge in [-0.1, -0.05) is 36.4 Å². The van der Waals surface area contributed by atoms with Crippen LogP contribution in [0.15, 0.2) is 66.7 Å². The number of carbonyl (C=O) groups excluding carboxylic acids is 1. The highest BCUT2D eigenvalue weighted by molar-refractivity contribution is 5.97. The Morgan fingerprint density at radius 1 is 0.938 bits per heavy atom. The van der Waals surface area contributed by atoms with Gasteiger partial charge in [-0.3, -0.25) is 4.79 Å². The van der Waals surface area contributed by atoms with Crippen molar-refractivity contribution in [1.82, 2.24) is 4.90 Å². The summed E-state index contributed by atoms with van der Waals surface area (Å²) in [5.41, 5.74) is 4.73. The van der Waals surface area contributed by atoms with Crippen molar-refractivity contribution < 1.29 is 23.4 Å². The SMILES string of the molecule is COC(COc1ccc2c(c1)CCN(Cc1ccc(-c3ccc(F)cc3)cc1)C2=O)OC. The van der Waals surface area contributed by atoms with Gasteiger partial charge in [-0.2, -0.15) is 0 Å². The number of fused-ring (bicyclic) bond motifs is 1. The molecule has 0 N–H and O–H groups in total. The van der Waals surface area contributed by atoms with Gasteiger partial charge < -0.3 is 19.1 Å². The van der Waals surface area contributed by atoms with Crippen LogP contribution in [0.25, 0.3) is 11.1 Å². The Morgan fingerprint density at radius 2 is 1.59 bits per heavy atom. The predicted molar refractivity (Wildman–Crippen MR) is 120 cm³/mol. The first kappa shape index (κ1) is 22.0. The molecule has 0 aromatic heterocycles. The minimum absolute atomic E-state index is 0.0204. The fourth-order valence-electron chi connectivity index (χ4n) is 3.82. The van der Waals surface area contributed by atoms with Crippen LogP contribution in [0.4, 0.5) is 4.39 Å². The summed E-state index contributed by atoms with van der Waals surface area (Å²) in [6.45, 7) is 1.47. The van der Waals surface area contributed by atoms with Crippen molar-refractivity contribution in [3.63, 3.8) is 0 Å². The molecule has 0 saturated heterocycles. The van der Waals surface area contributed by atoms with Crippen LogP contribution < -0.4 is 4.74 Å². The molecule has 1 aliphatic rings. The molecule has 0 atom stereocenters. The van der Waals surface area contributed by atoms with Gasteiger partial charge in [-0.05, 0) is 59.0 Å². The lowest BCUT2D eigenvalue weighted by Crippen LogP contribution is -2.37. The molecule has 0 unspecified atom stereocenters. The van der Waals surface area contributed by atoms with Crippen molar-refractivity contribution in [2.75, 3.05) is 27.4 Å². The van der Waals surface area contributed by atoms with E-state index in [-0.39, 0.29) is 18.3 Å². The molecule has 1 amide bonds. The Hall–Kier alpha value is -3.22. The summed E-state index contributed by atoms with van der Waals surface area (Å²) >= 11 is 0. The average molecular weight is 435 g/mol. The van der Waals surface area contributed by atoms with Gasteiger partial charge in [0.1, 0.15) is 18.2 Å². The lowest BCUT2D eigenvalue weighted by molar-refractivity contribution is -0.121. The van der Waals surface area contributed by atoms with E-state index in [0.717, 1.165) is 28.7 Å². The first-order valence-corrected chi connectivity index (χ1v) is 10.5. The maximum Gasteiger partial charge on any atom is 0.254 e. The highest BCUT2D eigenvalue weighted by Gasteiger charge is 2.25. The lowest BCUT2D eigenvalue weighted by atomic mass is 9.98. The molecule has 0 radical (unpaired) electrons. The zero-order chi connectivity index (χ0) is 22.5. The van der Waals surface area contributed by atoms with E-state index >= 15 is 0 Å². The average Bonchev–Trinajstić information content (AvgIpc) is 2.82. The molecule has 4 rings (SSSR count). The summed E-state index contributed by atoms with van der Waals surface area (Å²) < 4.78 is 29.1. The number of carbonyl (C=O) groups is 1. The third-order valence-electron chi connectivity index (χ3n) is 5.66. The summed E-state index contributed by atoms with van der Waals surface area (Å²) in [5.74, 6) is 0.467. The summed E-state index contributed by atoms with van der Waals surface area (Å²) in [7, 11) is 3.13. The van der Waals surface area contributed by atoms with Crippen molar-refractivity contribution >= 4 is 5.91 Å². The largest absolute Gasteiger partial charge is 0.488 e. The molecular weight excluding hydrogens is 409 g/mol. The van der Waals surface area contributed by atoms with E-state index in [2.05, 4.69) is 0 Å². The second-order valence-electron chi connectivity index (χ2n) is 7.71. The number of hydrogen-bond acceptors (Lipinski definition) is 4. The molecule has 5 nitrogen and oxygen atoms in total. The number of halogens is 1. The molecule has 0 bridgehead atoms. The molecule has 32 heavy (non-hydrogen) atoms. The summed E-state index contributed by atoms with van der Waals surface area (Å²) in [6.07, 6.45) is 0.335. The van der Waals surface area contributed by atoms with E-state index in [0.29, 0.717) is 24.4 Å². The molecule has 0 aliphatic carbocycles. The van der Waals surface area contributed by atoms with E-state index in [4.69, 9.17) is 14.2 Å². The van der Waals surface area contributed by atoms with E-state index in [1.54, 1.807) is 32.4 Å². The quantitative estimate of drug-likeness (QED) is 0.482. The number of rotatable bonds is 8. The Bertz CT molecular complexity index is 1060. The maximum absolute atomic E-state index is 13.1. The highest BCUT2D eigenvalue weighted by atomic mass is 19.1. The number of ether oxygens (including phenoxy) is 3. The normalized spacial score (nSPS) is 13.4. The summed E-state index contributed by atoms with van der Waals surface area (Å²) in [4.78, 5) is 14.9. The van der Waals surface area contributed by atoms with Crippen molar-refractivity contribution in [3.8, 4) is 16.9 Å². The van der Waals surface area contributed by atoms with Gasteiger partial charge in [0.15, 0.2) is 6.29 Å². The fourth-order valence-corrected chi connectivity index (χ4v) is 3.82. The van der Waals surface area contributed by atoms with Gasteiger partial charge in [0.25, 0.3) is 5.91 Å². The van der Waals surface area contributed by atoms with Crippen LogP contribution in [0.2, 0.25) is 0 Å². The molecule has 1 aliphatic heterocycles. The Balaban J connectivity index is 1.40. The van der Waals surface area contributed by atoms with Crippen LogP contribution >= 0.6 is 0 Å². The lowest BCUT2D eigenvalue weighted by Gasteiger charge is -2.29. The number of nitrogens with zero attached hydrogens (tertiary/aromatic N) is 1. The number of benzene rings is 3. The van der Waals surface area contributed by atoms with Crippen LogP contribution in [0.5, 0.6) is 5.75 Å². The van der Waals surface area contributed by atoms with Crippen molar-refractivity contribution in [1.29, 1.82) is 0 Å². The summed E-state index contributed by atoms with van der Waals surface area (Å²) in [6, 6.07) is 20.0. The molecule has 3 aromatic carbocycles. The Morgan fingerprint density at radius 3 is 2.25 bits per heavy atom. The van der Waals surface area contributed by atoms with Crippen LogP contribution in [0.3, 0.4) is 0 Å². The first-order valence-electron chi connectivity index (χ1n) is 10.5. The van der Waals surface area contributed by atoms with Gasteiger partial charge in [0.05, 0.1) is 0 Å². The van der Waals surface area contributed by atoms with Gasteiger partial charge in [0.2, 0.25) is 0 Å². The van der Waals surface area contributed by atoms with Crippen LogP contribution in [-0.4, -0.2) is 44.5 Å². The van der Waals surface area contributed by atoms with E-state index in [9.17, 15) is 9.18 Å². The third kappa shape index (κ3) is 4.98. The molecule has 0 fully saturated rings. The van der Waals surface area contributed by atoms with E-state index in [1.807, 2.05) is 41.3 Å². The number of methoxy groups -OCH3 is 2. The fraction of sp³-hybridized carbons (Fsp3) is 0.269. The Labute approximate surface area is 187 Å². The first-order chi connectivity index (χ1) is 15.6. The van der Waals surface area contributed by atoms with Crippen molar-refractivity contribution in [3.05, 3.63) is 89.2 Å². The van der Waals surface area contributed by atoms with Crippen LogP contribution in [0, 0.1) is 5.82 Å². The van der Waals surface area contributed by atoms with Crippen molar-refractivity contribution in [2.24, 2.45) is 0 Å². The molecule has 0 spiro atoms. The highest BCUT2D eigenvalue weighted by Crippen LogP contribution is 2.26. The molecule has 6 heteroatoms. The molecule has 3 aromatic rings. The zero-order valence-corrected chi connectivity index (χ0v) is 18.2. The second-order valence-corrected chi connectivity index (χ2v) is 7.71. The second kappa shape index (κ2) is 9.94. The van der Waals surface area contributed by atoms with Crippen LogP contribution in [-0.2, 0) is 22.4 Å².